The van der Waals surface area contributed by atoms with Gasteiger partial charge in [0.2, 0.25) is 0 Å². The Morgan fingerprint density at radius 1 is 0.947 bits per heavy atom. The highest BCUT2D eigenvalue weighted by Gasteiger charge is 2.27. The molecular weight excluding hydrogens is 240 g/mol. The zero-order valence-electron chi connectivity index (χ0n) is 13.0. The van der Waals surface area contributed by atoms with Crippen molar-refractivity contribution >= 4 is 0 Å². The molecule has 0 heterocycles. The molecule has 1 atom stereocenters. The van der Waals surface area contributed by atoms with Crippen LogP contribution in [0.3, 0.4) is 0 Å². The summed E-state index contributed by atoms with van der Waals surface area (Å²) in [6.45, 7) is 13.8. The minimum absolute atomic E-state index is 0.192. The lowest BCUT2D eigenvalue weighted by Crippen LogP contribution is -2.18. The van der Waals surface area contributed by atoms with Crippen LogP contribution in [-0.2, 0) is 10.8 Å². The largest absolute Gasteiger partial charge is 0.507 e. The van der Waals surface area contributed by atoms with E-state index >= 15 is 0 Å². The Hall–Kier alpha value is -1.22. The molecule has 0 radical (unpaired) electrons. The molecule has 1 aromatic carbocycles. The van der Waals surface area contributed by atoms with Gasteiger partial charge in [0.25, 0.3) is 0 Å². The van der Waals surface area contributed by atoms with Gasteiger partial charge in [0.05, 0.1) is 0 Å². The lowest BCUT2D eigenvalue weighted by Gasteiger charge is -2.28. The normalized spacial score (nSPS) is 14.3. The van der Waals surface area contributed by atoms with Gasteiger partial charge in [-0.25, -0.2) is 0 Å². The number of hydrogen-bond acceptors (Lipinski definition) is 3. The van der Waals surface area contributed by atoms with Crippen molar-refractivity contribution < 1.29 is 14.9 Å². The molecule has 0 saturated heterocycles. The van der Waals surface area contributed by atoms with E-state index in [1.807, 2.05) is 41.5 Å². The van der Waals surface area contributed by atoms with Crippen molar-refractivity contribution in [3.8, 4) is 11.5 Å². The topological polar surface area (TPSA) is 49.7 Å². The van der Waals surface area contributed by atoms with Gasteiger partial charge in [-0.05, 0) is 29.9 Å². The number of ether oxygens (including phenoxy) is 1. The SMILES string of the molecule is CC(O)Oc1cc(C(C)(C)C)c(O)c(C(C)(C)C)c1. The second-order valence-electron chi connectivity index (χ2n) is 7.08. The first-order chi connectivity index (χ1) is 8.43. The second kappa shape index (κ2) is 5.04. The van der Waals surface area contributed by atoms with Crippen LogP contribution >= 0.6 is 0 Å². The van der Waals surface area contributed by atoms with Crippen molar-refractivity contribution in [2.75, 3.05) is 0 Å². The molecular formula is C16H26O3. The van der Waals surface area contributed by atoms with Crippen LogP contribution < -0.4 is 4.74 Å². The summed E-state index contributed by atoms with van der Waals surface area (Å²) in [6.07, 6.45) is -0.870. The van der Waals surface area contributed by atoms with E-state index in [0.29, 0.717) is 11.5 Å². The highest BCUT2D eigenvalue weighted by atomic mass is 16.6. The fourth-order valence-corrected chi connectivity index (χ4v) is 2.02. The van der Waals surface area contributed by atoms with E-state index in [2.05, 4.69) is 0 Å². The first-order valence-electron chi connectivity index (χ1n) is 6.65. The van der Waals surface area contributed by atoms with Crippen LogP contribution in [0.2, 0.25) is 0 Å². The molecule has 2 N–H and O–H groups in total. The summed E-state index contributed by atoms with van der Waals surface area (Å²) in [5.74, 6) is 0.903. The number of aliphatic hydroxyl groups excluding tert-OH is 1. The molecule has 0 aliphatic heterocycles. The first kappa shape index (κ1) is 15.8. The van der Waals surface area contributed by atoms with E-state index in [1.54, 1.807) is 19.1 Å². The maximum atomic E-state index is 10.5. The van der Waals surface area contributed by atoms with Crippen molar-refractivity contribution in [3.63, 3.8) is 0 Å². The fourth-order valence-electron chi connectivity index (χ4n) is 2.02. The second-order valence-corrected chi connectivity index (χ2v) is 7.08. The predicted molar refractivity (Wildman–Crippen MR) is 77.8 cm³/mol. The predicted octanol–water partition coefficient (Wildman–Crippen LogP) is 3.70. The van der Waals surface area contributed by atoms with E-state index in [-0.39, 0.29) is 10.8 Å². The van der Waals surface area contributed by atoms with Crippen molar-refractivity contribution in [1.29, 1.82) is 0 Å². The van der Waals surface area contributed by atoms with Crippen LogP contribution in [0.25, 0.3) is 0 Å². The molecule has 0 aromatic heterocycles. The quantitative estimate of drug-likeness (QED) is 0.802. The summed E-state index contributed by atoms with van der Waals surface area (Å²) in [7, 11) is 0. The molecule has 0 bridgehead atoms. The number of benzene rings is 1. The summed E-state index contributed by atoms with van der Waals surface area (Å²) in [5.41, 5.74) is 1.27. The zero-order chi connectivity index (χ0) is 15.0. The van der Waals surface area contributed by atoms with Crippen LogP contribution in [0.5, 0.6) is 11.5 Å². The summed E-state index contributed by atoms with van der Waals surface area (Å²) in [4.78, 5) is 0. The zero-order valence-corrected chi connectivity index (χ0v) is 13.0. The van der Waals surface area contributed by atoms with Gasteiger partial charge in [-0.3, -0.25) is 0 Å². The molecule has 0 saturated carbocycles. The van der Waals surface area contributed by atoms with Crippen molar-refractivity contribution in [1.82, 2.24) is 0 Å². The van der Waals surface area contributed by atoms with E-state index in [4.69, 9.17) is 4.74 Å². The van der Waals surface area contributed by atoms with Crippen molar-refractivity contribution in [2.24, 2.45) is 0 Å². The maximum Gasteiger partial charge on any atom is 0.194 e. The fraction of sp³-hybridized carbons (Fsp3) is 0.625. The average molecular weight is 266 g/mol. The first-order valence-corrected chi connectivity index (χ1v) is 6.65. The summed E-state index contributed by atoms with van der Waals surface area (Å²) in [6, 6.07) is 3.61. The number of phenols is 1. The van der Waals surface area contributed by atoms with E-state index in [0.717, 1.165) is 11.1 Å². The highest BCUT2D eigenvalue weighted by molar-refractivity contribution is 5.51. The molecule has 1 unspecified atom stereocenters. The van der Waals surface area contributed by atoms with Crippen LogP contribution in [0.4, 0.5) is 0 Å². The third-order valence-corrected chi connectivity index (χ3v) is 3.01. The van der Waals surface area contributed by atoms with Gasteiger partial charge in [-0.2, -0.15) is 0 Å². The maximum absolute atomic E-state index is 10.5. The molecule has 0 fully saturated rings. The molecule has 108 valence electrons. The molecule has 1 aromatic rings. The van der Waals surface area contributed by atoms with Gasteiger partial charge >= 0.3 is 0 Å². The third-order valence-electron chi connectivity index (χ3n) is 3.01. The number of phenolic OH excluding ortho intramolecular Hbond substituents is 1. The van der Waals surface area contributed by atoms with Crippen LogP contribution in [0, 0.1) is 0 Å². The Morgan fingerprint density at radius 3 is 1.58 bits per heavy atom. The smallest absolute Gasteiger partial charge is 0.194 e. The van der Waals surface area contributed by atoms with E-state index < -0.39 is 6.29 Å². The Labute approximate surface area is 116 Å². The number of hydrogen-bond donors (Lipinski definition) is 2. The Morgan fingerprint density at radius 2 is 1.32 bits per heavy atom. The van der Waals surface area contributed by atoms with Crippen molar-refractivity contribution in [2.45, 2.75) is 65.6 Å². The van der Waals surface area contributed by atoms with Gasteiger partial charge in [0, 0.05) is 11.1 Å². The molecule has 0 aliphatic rings. The molecule has 0 amide bonds. The molecule has 1 rings (SSSR count). The number of aromatic hydroxyl groups is 1. The number of aliphatic hydroxyl groups is 1. The molecule has 0 aliphatic carbocycles. The molecule has 19 heavy (non-hydrogen) atoms. The van der Waals surface area contributed by atoms with E-state index in [1.165, 1.54) is 0 Å². The van der Waals surface area contributed by atoms with Crippen LogP contribution in [0.1, 0.15) is 59.6 Å². The molecule has 0 spiro atoms. The number of rotatable bonds is 2. The monoisotopic (exact) mass is 266 g/mol. The van der Waals surface area contributed by atoms with Crippen LogP contribution in [-0.4, -0.2) is 16.5 Å². The Kier molecular flexibility index (Phi) is 4.20. The lowest BCUT2D eigenvalue weighted by atomic mass is 9.79. The standard InChI is InChI=1S/C16H26O3/c1-10(17)19-11-8-12(15(2,3)4)14(18)13(9-11)16(5,6)7/h8-10,17-18H,1-7H3. The van der Waals surface area contributed by atoms with Crippen molar-refractivity contribution in [3.05, 3.63) is 23.3 Å². The lowest BCUT2D eigenvalue weighted by molar-refractivity contribution is -0.000563. The van der Waals surface area contributed by atoms with Crippen LogP contribution in [0.15, 0.2) is 12.1 Å². The molecule has 3 nitrogen and oxygen atoms in total. The summed E-state index contributed by atoms with van der Waals surface area (Å²) >= 11 is 0. The van der Waals surface area contributed by atoms with Gasteiger partial charge in [0.1, 0.15) is 11.5 Å². The molecule has 3 heteroatoms. The summed E-state index contributed by atoms with van der Waals surface area (Å²) < 4.78 is 5.39. The minimum Gasteiger partial charge on any atom is -0.507 e. The van der Waals surface area contributed by atoms with Gasteiger partial charge in [-0.1, -0.05) is 41.5 Å². The Balaban J connectivity index is 3.48. The van der Waals surface area contributed by atoms with E-state index in [9.17, 15) is 10.2 Å². The van der Waals surface area contributed by atoms with Gasteiger partial charge < -0.3 is 14.9 Å². The summed E-state index contributed by atoms with van der Waals surface area (Å²) in [5, 5.41) is 19.9. The van der Waals surface area contributed by atoms with Gasteiger partial charge in [-0.15, -0.1) is 0 Å². The highest BCUT2D eigenvalue weighted by Crippen LogP contribution is 2.41. The minimum atomic E-state index is -0.870. The van der Waals surface area contributed by atoms with Gasteiger partial charge in [0.15, 0.2) is 6.29 Å². The average Bonchev–Trinajstić information content (AvgIpc) is 2.16. The third kappa shape index (κ3) is 3.87. The Bertz CT molecular complexity index is 413.